The van der Waals surface area contributed by atoms with Gasteiger partial charge >= 0.3 is 0 Å². The normalized spacial score (nSPS) is 16.9. The molecule has 2 unspecified atom stereocenters. The molecule has 9 aromatic rings. The summed E-state index contributed by atoms with van der Waals surface area (Å²) in [6.45, 7) is 0. The van der Waals surface area contributed by atoms with E-state index in [9.17, 15) is 0 Å². The second-order valence-electron chi connectivity index (χ2n) is 13.4. The minimum Gasteiger partial charge on any atom is -0.456 e. The molecule has 11 rings (SSSR count). The molecule has 2 aliphatic rings. The fourth-order valence-electron chi connectivity index (χ4n) is 8.06. The van der Waals surface area contributed by atoms with E-state index in [0.717, 1.165) is 77.5 Å². The van der Waals surface area contributed by atoms with Gasteiger partial charge in [-0.15, -0.1) is 0 Å². The van der Waals surface area contributed by atoms with Crippen LogP contribution in [0.25, 0.3) is 60.5 Å². The maximum atomic E-state index is 6.29. The molecule has 0 bridgehead atoms. The molecule has 246 valence electrons. The molecular formula is C46H30N4O2. The molecule has 6 heteroatoms. The Morgan fingerprint density at radius 1 is 0.558 bits per heavy atom. The van der Waals surface area contributed by atoms with Gasteiger partial charge < -0.3 is 19.5 Å². The average Bonchev–Trinajstić information content (AvgIpc) is 3.79. The van der Waals surface area contributed by atoms with Crippen LogP contribution in [0, 0.1) is 0 Å². The number of benzene rings is 7. The molecule has 6 nitrogen and oxygen atoms in total. The number of amidine groups is 2. The standard InChI is InChI=1S/C46H30N4O2/c1-2-11-28-26-29(23-22-27(28)10-1)44-48-45(50-46(49-44)36-18-9-21-39-41(36)34-12-3-5-19-37(34)51-39)33-17-8-14-30-31(33)15-7-16-32(30)43-42-35-13-4-6-20-38(35)52-40(42)24-25-47-43/h1-26,43-44,47H,(H,48,49,50). The van der Waals surface area contributed by atoms with Crippen LogP contribution < -0.4 is 10.6 Å². The first-order valence-electron chi connectivity index (χ1n) is 17.6. The Hall–Kier alpha value is -6.92. The largest absolute Gasteiger partial charge is 0.456 e. The van der Waals surface area contributed by atoms with Crippen LogP contribution in [0.2, 0.25) is 0 Å². The molecular weight excluding hydrogens is 641 g/mol. The average molecular weight is 671 g/mol. The highest BCUT2D eigenvalue weighted by molar-refractivity contribution is 6.23. The topological polar surface area (TPSA) is 75.1 Å². The fraction of sp³-hybridized carbons (Fsp3) is 0.0435. The minimum absolute atomic E-state index is 0.0849. The smallest absolute Gasteiger partial charge is 0.160 e. The first-order chi connectivity index (χ1) is 25.8. The molecule has 2 N–H and O–H groups in total. The van der Waals surface area contributed by atoms with Gasteiger partial charge in [-0.25, -0.2) is 9.98 Å². The molecule has 2 atom stereocenters. The summed E-state index contributed by atoms with van der Waals surface area (Å²) in [4.78, 5) is 10.6. The Kier molecular flexibility index (Phi) is 6.28. The molecule has 0 radical (unpaired) electrons. The number of nitrogens with zero attached hydrogens (tertiary/aromatic N) is 2. The van der Waals surface area contributed by atoms with Crippen molar-refractivity contribution >= 4 is 72.2 Å². The summed E-state index contributed by atoms with van der Waals surface area (Å²) in [6, 6.07) is 50.5. The van der Waals surface area contributed by atoms with E-state index in [1.165, 1.54) is 16.3 Å². The zero-order chi connectivity index (χ0) is 34.2. The van der Waals surface area contributed by atoms with Crippen LogP contribution in [0.1, 0.15) is 45.8 Å². The summed E-state index contributed by atoms with van der Waals surface area (Å²) in [6.07, 6.45) is 3.63. The molecule has 0 amide bonds. The maximum Gasteiger partial charge on any atom is 0.160 e. The number of hydrogen-bond acceptors (Lipinski definition) is 6. The molecule has 0 saturated heterocycles. The lowest BCUT2D eigenvalue weighted by Crippen LogP contribution is -2.33. The van der Waals surface area contributed by atoms with Crippen LogP contribution in [0.3, 0.4) is 0 Å². The molecule has 4 heterocycles. The van der Waals surface area contributed by atoms with Gasteiger partial charge in [0.05, 0.1) is 6.04 Å². The lowest BCUT2D eigenvalue weighted by molar-refractivity contribution is 0.582. The van der Waals surface area contributed by atoms with Crippen molar-refractivity contribution in [3.05, 3.63) is 185 Å². The Bertz CT molecular complexity index is 3000. The quantitative estimate of drug-likeness (QED) is 0.195. The van der Waals surface area contributed by atoms with E-state index in [1.807, 2.05) is 54.7 Å². The van der Waals surface area contributed by atoms with Gasteiger partial charge in [0.2, 0.25) is 0 Å². The third kappa shape index (κ3) is 4.44. The highest BCUT2D eigenvalue weighted by Gasteiger charge is 2.28. The Morgan fingerprint density at radius 3 is 2.19 bits per heavy atom. The molecule has 0 spiro atoms. The van der Waals surface area contributed by atoms with Gasteiger partial charge in [0, 0.05) is 39.0 Å². The minimum atomic E-state index is -0.371. The molecule has 0 fully saturated rings. The second kappa shape index (κ2) is 11.3. The van der Waals surface area contributed by atoms with Crippen molar-refractivity contribution in [1.82, 2.24) is 10.6 Å². The van der Waals surface area contributed by atoms with Crippen molar-refractivity contribution in [2.75, 3.05) is 0 Å². The lowest BCUT2D eigenvalue weighted by Gasteiger charge is -2.26. The highest BCUT2D eigenvalue weighted by Crippen LogP contribution is 2.40. The number of rotatable bonds is 4. The maximum absolute atomic E-state index is 6.29. The highest BCUT2D eigenvalue weighted by atomic mass is 16.3. The summed E-state index contributed by atoms with van der Waals surface area (Å²) in [5.41, 5.74) is 7.87. The van der Waals surface area contributed by atoms with E-state index in [2.05, 4.69) is 114 Å². The van der Waals surface area contributed by atoms with Crippen LogP contribution in [0.4, 0.5) is 0 Å². The van der Waals surface area contributed by atoms with Gasteiger partial charge in [0.1, 0.15) is 34.5 Å². The lowest BCUT2D eigenvalue weighted by atomic mass is 9.89. The summed E-state index contributed by atoms with van der Waals surface area (Å²) in [7, 11) is 0. The SMILES string of the molecule is C1=Cc2oc3ccccc3c2C(c2cccc3c(C4=NC(c5cccc6oc7ccccc7c56)=NC(c5ccc6ccccc6c5)N4)cccc23)N1. The number of furan rings is 2. The van der Waals surface area contributed by atoms with Crippen molar-refractivity contribution in [3.63, 3.8) is 0 Å². The van der Waals surface area contributed by atoms with Crippen molar-refractivity contribution in [1.29, 1.82) is 0 Å². The van der Waals surface area contributed by atoms with Gasteiger partial charge in [0.15, 0.2) is 5.84 Å². The molecule has 0 saturated carbocycles. The van der Waals surface area contributed by atoms with Crippen LogP contribution in [-0.4, -0.2) is 11.7 Å². The van der Waals surface area contributed by atoms with Crippen molar-refractivity contribution in [3.8, 4) is 0 Å². The van der Waals surface area contributed by atoms with Gasteiger partial charge in [-0.2, -0.15) is 0 Å². The molecule has 52 heavy (non-hydrogen) atoms. The third-order valence-corrected chi connectivity index (χ3v) is 10.4. The Morgan fingerprint density at radius 2 is 1.27 bits per heavy atom. The van der Waals surface area contributed by atoms with E-state index in [1.54, 1.807) is 0 Å². The zero-order valence-electron chi connectivity index (χ0n) is 27.9. The fourth-order valence-corrected chi connectivity index (χ4v) is 8.06. The number of fused-ring (bicyclic) bond motifs is 8. The third-order valence-electron chi connectivity index (χ3n) is 10.4. The van der Waals surface area contributed by atoms with Gasteiger partial charge in [-0.1, -0.05) is 121 Å². The van der Waals surface area contributed by atoms with Crippen LogP contribution >= 0.6 is 0 Å². The Labute approximate surface area is 298 Å². The first-order valence-corrected chi connectivity index (χ1v) is 17.6. The van der Waals surface area contributed by atoms with Crippen LogP contribution in [0.5, 0.6) is 0 Å². The van der Waals surface area contributed by atoms with E-state index in [-0.39, 0.29) is 12.2 Å². The molecule has 2 aromatic heterocycles. The van der Waals surface area contributed by atoms with Crippen LogP contribution in [0.15, 0.2) is 171 Å². The summed E-state index contributed by atoms with van der Waals surface area (Å²) >= 11 is 0. The number of aliphatic imine (C=N–C) groups is 2. The van der Waals surface area contributed by atoms with Crippen LogP contribution in [-0.2, 0) is 0 Å². The van der Waals surface area contributed by atoms with Crippen molar-refractivity contribution < 1.29 is 8.83 Å². The predicted molar refractivity (Wildman–Crippen MR) is 211 cm³/mol. The van der Waals surface area contributed by atoms with E-state index >= 15 is 0 Å². The Balaban J connectivity index is 1.10. The second-order valence-corrected chi connectivity index (χ2v) is 13.4. The summed E-state index contributed by atoms with van der Waals surface area (Å²) in [5.74, 6) is 2.31. The molecule has 2 aliphatic heterocycles. The summed E-state index contributed by atoms with van der Waals surface area (Å²) in [5, 5.41) is 15.2. The molecule has 0 aliphatic carbocycles. The number of para-hydroxylation sites is 2. The summed E-state index contributed by atoms with van der Waals surface area (Å²) < 4.78 is 12.6. The van der Waals surface area contributed by atoms with E-state index in [0.29, 0.717) is 5.84 Å². The van der Waals surface area contributed by atoms with Gasteiger partial charge in [-0.05, 0) is 63.0 Å². The van der Waals surface area contributed by atoms with Gasteiger partial charge in [-0.3, -0.25) is 0 Å². The zero-order valence-corrected chi connectivity index (χ0v) is 27.9. The van der Waals surface area contributed by atoms with E-state index < -0.39 is 0 Å². The number of hydrogen-bond donors (Lipinski definition) is 2. The van der Waals surface area contributed by atoms with Gasteiger partial charge in [0.25, 0.3) is 0 Å². The van der Waals surface area contributed by atoms with E-state index in [4.69, 9.17) is 18.8 Å². The first kappa shape index (κ1) is 28.9. The van der Waals surface area contributed by atoms with Crippen molar-refractivity contribution in [2.45, 2.75) is 12.2 Å². The monoisotopic (exact) mass is 670 g/mol. The predicted octanol–water partition coefficient (Wildman–Crippen LogP) is 10.8. The van der Waals surface area contributed by atoms with Crippen molar-refractivity contribution in [2.24, 2.45) is 9.98 Å². The number of nitrogens with one attached hydrogen (secondary N) is 2. The molecule has 7 aromatic carbocycles.